The third-order valence-electron chi connectivity index (χ3n) is 4.10. The standard InChI is InChI=1S/C22H26N2O2/c1-17(26-20(25)24-21(2,3)4)15-22(16-23,18-11-7-5-8-12-18)19-13-9-6-10-14-19/h5-14,17H,15H2,1-4H3,(H,24,25)/t17-/m1/s1. The van der Waals surface area contributed by atoms with Crippen molar-refractivity contribution in [2.75, 3.05) is 0 Å². The van der Waals surface area contributed by atoms with Gasteiger partial charge in [-0.1, -0.05) is 60.7 Å². The first-order valence-corrected chi connectivity index (χ1v) is 8.78. The van der Waals surface area contributed by atoms with E-state index >= 15 is 0 Å². The first-order chi connectivity index (χ1) is 12.3. The molecular weight excluding hydrogens is 324 g/mol. The molecule has 0 bridgehead atoms. The summed E-state index contributed by atoms with van der Waals surface area (Å²) in [5.41, 5.74) is 0.520. The summed E-state index contributed by atoms with van der Waals surface area (Å²) in [6.45, 7) is 7.51. The number of nitrogens with one attached hydrogen (secondary N) is 1. The Morgan fingerprint density at radius 3 is 1.88 bits per heavy atom. The van der Waals surface area contributed by atoms with Gasteiger partial charge in [-0.3, -0.25) is 0 Å². The molecule has 136 valence electrons. The number of amides is 1. The molecule has 0 unspecified atom stereocenters. The molecule has 4 nitrogen and oxygen atoms in total. The van der Waals surface area contributed by atoms with Crippen LogP contribution in [0.15, 0.2) is 60.7 Å². The van der Waals surface area contributed by atoms with Crippen LogP contribution in [0, 0.1) is 11.3 Å². The topological polar surface area (TPSA) is 62.1 Å². The van der Waals surface area contributed by atoms with Crippen LogP contribution in [0.4, 0.5) is 4.79 Å². The number of hydrogen-bond acceptors (Lipinski definition) is 3. The second-order valence-corrected chi connectivity index (χ2v) is 7.54. The minimum Gasteiger partial charge on any atom is -0.446 e. The number of rotatable bonds is 5. The smallest absolute Gasteiger partial charge is 0.407 e. The van der Waals surface area contributed by atoms with Crippen molar-refractivity contribution in [2.24, 2.45) is 0 Å². The minimum atomic E-state index is -0.885. The molecule has 0 aliphatic rings. The summed E-state index contributed by atoms with van der Waals surface area (Å²) in [4.78, 5) is 12.1. The molecule has 2 aromatic carbocycles. The van der Waals surface area contributed by atoms with Gasteiger partial charge in [0.05, 0.1) is 6.07 Å². The molecule has 4 heteroatoms. The molecule has 1 atom stereocenters. The van der Waals surface area contributed by atoms with E-state index < -0.39 is 17.6 Å². The summed E-state index contributed by atoms with van der Waals surface area (Å²) >= 11 is 0. The Bertz CT molecular complexity index is 719. The second kappa shape index (κ2) is 8.05. The normalized spacial score (nSPS) is 12.7. The van der Waals surface area contributed by atoms with Gasteiger partial charge in [0.2, 0.25) is 0 Å². The van der Waals surface area contributed by atoms with E-state index in [4.69, 9.17) is 4.74 Å². The maximum Gasteiger partial charge on any atom is 0.407 e. The number of ether oxygens (including phenoxy) is 1. The van der Waals surface area contributed by atoms with Crippen LogP contribution in [0.3, 0.4) is 0 Å². The fourth-order valence-corrected chi connectivity index (χ4v) is 3.01. The van der Waals surface area contributed by atoms with Crippen molar-refractivity contribution >= 4 is 6.09 Å². The molecule has 0 fully saturated rings. The quantitative estimate of drug-likeness (QED) is 0.842. The zero-order valence-electron chi connectivity index (χ0n) is 15.8. The van der Waals surface area contributed by atoms with Gasteiger partial charge in [-0.15, -0.1) is 0 Å². The number of carbonyl (C=O) groups is 1. The van der Waals surface area contributed by atoms with Gasteiger partial charge in [-0.25, -0.2) is 4.79 Å². The molecular formula is C22H26N2O2. The molecule has 0 spiro atoms. The average Bonchev–Trinajstić information content (AvgIpc) is 2.59. The zero-order valence-corrected chi connectivity index (χ0v) is 15.8. The maximum atomic E-state index is 12.1. The van der Waals surface area contributed by atoms with Crippen LogP contribution in [0.25, 0.3) is 0 Å². The number of nitriles is 1. The Kier molecular flexibility index (Phi) is 6.05. The summed E-state index contributed by atoms with van der Waals surface area (Å²) < 4.78 is 5.53. The van der Waals surface area contributed by atoms with Crippen LogP contribution < -0.4 is 5.32 Å². The van der Waals surface area contributed by atoms with Crippen LogP contribution in [-0.2, 0) is 10.2 Å². The van der Waals surface area contributed by atoms with Gasteiger partial charge in [0, 0.05) is 12.0 Å². The van der Waals surface area contributed by atoms with Gasteiger partial charge in [0.25, 0.3) is 0 Å². The first kappa shape index (κ1) is 19.5. The van der Waals surface area contributed by atoms with E-state index in [2.05, 4.69) is 11.4 Å². The fourth-order valence-electron chi connectivity index (χ4n) is 3.01. The van der Waals surface area contributed by atoms with Crippen LogP contribution in [-0.4, -0.2) is 17.7 Å². The van der Waals surface area contributed by atoms with E-state index in [0.717, 1.165) is 11.1 Å². The Morgan fingerprint density at radius 2 is 1.50 bits per heavy atom. The SMILES string of the molecule is C[C@H](CC(C#N)(c1ccccc1)c1ccccc1)OC(=O)NC(C)(C)C. The predicted octanol–water partition coefficient (Wildman–Crippen LogP) is 4.80. The lowest BCUT2D eigenvalue weighted by Crippen LogP contribution is -2.43. The van der Waals surface area contributed by atoms with Crippen LogP contribution >= 0.6 is 0 Å². The van der Waals surface area contributed by atoms with Gasteiger partial charge >= 0.3 is 6.09 Å². The number of hydrogen-bond donors (Lipinski definition) is 1. The summed E-state index contributed by atoms with van der Waals surface area (Å²) in [7, 11) is 0. The Labute approximate surface area is 155 Å². The van der Waals surface area contributed by atoms with Crippen molar-refractivity contribution in [2.45, 2.75) is 51.2 Å². The van der Waals surface area contributed by atoms with E-state index in [9.17, 15) is 10.1 Å². The molecule has 26 heavy (non-hydrogen) atoms. The first-order valence-electron chi connectivity index (χ1n) is 8.78. The summed E-state index contributed by atoms with van der Waals surface area (Å²) in [5.74, 6) is 0. The van der Waals surface area contributed by atoms with E-state index in [-0.39, 0.29) is 5.54 Å². The van der Waals surface area contributed by atoms with E-state index in [1.807, 2.05) is 88.4 Å². The molecule has 2 rings (SSSR count). The monoisotopic (exact) mass is 350 g/mol. The number of alkyl carbamates (subject to hydrolysis) is 1. The Balaban J connectivity index is 2.31. The number of carbonyl (C=O) groups excluding carboxylic acids is 1. The third-order valence-corrected chi connectivity index (χ3v) is 4.10. The molecule has 0 aliphatic heterocycles. The molecule has 2 aromatic rings. The molecule has 0 heterocycles. The van der Waals surface area contributed by atoms with Gasteiger partial charge < -0.3 is 10.1 Å². The highest BCUT2D eigenvalue weighted by Gasteiger charge is 2.37. The largest absolute Gasteiger partial charge is 0.446 e. The van der Waals surface area contributed by atoms with Crippen LogP contribution in [0.2, 0.25) is 0 Å². The third kappa shape index (κ3) is 4.86. The average molecular weight is 350 g/mol. The predicted molar refractivity (Wildman–Crippen MR) is 103 cm³/mol. The second-order valence-electron chi connectivity index (χ2n) is 7.54. The van der Waals surface area contributed by atoms with Crippen molar-refractivity contribution < 1.29 is 9.53 Å². The molecule has 0 aromatic heterocycles. The van der Waals surface area contributed by atoms with Crippen molar-refractivity contribution in [3.05, 3.63) is 71.8 Å². The van der Waals surface area contributed by atoms with Gasteiger partial charge in [-0.05, 0) is 38.8 Å². The summed E-state index contributed by atoms with van der Waals surface area (Å²) in [6, 6.07) is 21.8. The van der Waals surface area contributed by atoms with Crippen LogP contribution in [0.5, 0.6) is 0 Å². The molecule has 0 radical (unpaired) electrons. The van der Waals surface area contributed by atoms with Crippen molar-refractivity contribution in [1.82, 2.24) is 5.32 Å². The highest BCUT2D eigenvalue weighted by Crippen LogP contribution is 2.36. The zero-order chi connectivity index (χ0) is 19.2. The minimum absolute atomic E-state index is 0.370. The molecule has 0 aliphatic carbocycles. The molecule has 0 saturated heterocycles. The van der Waals surface area contributed by atoms with Crippen LogP contribution in [0.1, 0.15) is 45.2 Å². The lowest BCUT2D eigenvalue weighted by Gasteiger charge is -2.31. The van der Waals surface area contributed by atoms with E-state index in [1.165, 1.54) is 0 Å². The lowest BCUT2D eigenvalue weighted by molar-refractivity contribution is 0.0896. The Hall–Kier alpha value is -2.80. The highest BCUT2D eigenvalue weighted by molar-refractivity contribution is 5.68. The Morgan fingerprint density at radius 1 is 1.04 bits per heavy atom. The van der Waals surface area contributed by atoms with Gasteiger partial charge in [0.15, 0.2) is 0 Å². The highest BCUT2D eigenvalue weighted by atomic mass is 16.6. The van der Waals surface area contributed by atoms with E-state index in [1.54, 1.807) is 0 Å². The van der Waals surface area contributed by atoms with Gasteiger partial charge in [-0.2, -0.15) is 5.26 Å². The lowest BCUT2D eigenvalue weighted by atomic mass is 9.72. The number of benzene rings is 2. The fraction of sp³-hybridized carbons (Fsp3) is 0.364. The summed E-state index contributed by atoms with van der Waals surface area (Å²) in [5, 5.41) is 12.9. The van der Waals surface area contributed by atoms with Crippen molar-refractivity contribution in [3.63, 3.8) is 0 Å². The number of nitrogens with zero attached hydrogens (tertiary/aromatic N) is 1. The molecule has 0 saturated carbocycles. The summed E-state index contributed by atoms with van der Waals surface area (Å²) in [6.07, 6.45) is -0.537. The van der Waals surface area contributed by atoms with Crippen molar-refractivity contribution in [1.29, 1.82) is 5.26 Å². The maximum absolute atomic E-state index is 12.1. The van der Waals surface area contributed by atoms with Gasteiger partial charge in [0.1, 0.15) is 11.5 Å². The molecule has 1 amide bonds. The van der Waals surface area contributed by atoms with E-state index in [0.29, 0.717) is 6.42 Å². The van der Waals surface area contributed by atoms with Crippen molar-refractivity contribution in [3.8, 4) is 6.07 Å². The molecule has 1 N–H and O–H groups in total.